The predicted octanol–water partition coefficient (Wildman–Crippen LogP) is 2.07. The van der Waals surface area contributed by atoms with Crippen molar-refractivity contribution >= 4 is 11.9 Å². The molecule has 0 aromatic heterocycles. The molecule has 0 aliphatic rings. The molecule has 0 radical (unpaired) electrons. The van der Waals surface area contributed by atoms with Gasteiger partial charge in [-0.2, -0.15) is 0 Å². The van der Waals surface area contributed by atoms with Crippen LogP contribution in [-0.2, 0) is 4.79 Å². The molecule has 1 aromatic carbocycles. The highest BCUT2D eigenvalue weighted by Crippen LogP contribution is 2.16. The smallest absolute Gasteiger partial charge is 0.329 e. The van der Waals surface area contributed by atoms with Crippen molar-refractivity contribution in [2.45, 2.75) is 32.2 Å². The Morgan fingerprint density at radius 2 is 2.11 bits per heavy atom. The lowest BCUT2D eigenvalue weighted by molar-refractivity contribution is -0.144. The van der Waals surface area contributed by atoms with Crippen LogP contribution in [0.15, 0.2) is 24.3 Å². The third-order valence-electron chi connectivity index (χ3n) is 2.94. The highest BCUT2D eigenvalue weighted by Gasteiger charge is 2.34. The number of carboxylic acids is 1. The molecule has 1 atom stereocenters. The van der Waals surface area contributed by atoms with Gasteiger partial charge < -0.3 is 15.2 Å². The molecular weight excluding hydrogens is 246 g/mol. The lowest BCUT2D eigenvalue weighted by Crippen LogP contribution is -2.52. The maximum atomic E-state index is 12.1. The Kier molecular flexibility index (Phi) is 4.92. The number of methoxy groups -OCH3 is 1. The van der Waals surface area contributed by atoms with E-state index in [9.17, 15) is 14.7 Å². The van der Waals surface area contributed by atoms with E-state index in [1.807, 2.05) is 6.92 Å². The van der Waals surface area contributed by atoms with E-state index in [0.717, 1.165) is 0 Å². The number of amides is 1. The summed E-state index contributed by atoms with van der Waals surface area (Å²) in [5, 5.41) is 11.8. The van der Waals surface area contributed by atoms with Crippen LogP contribution in [0.3, 0.4) is 0 Å². The molecule has 0 heterocycles. The van der Waals surface area contributed by atoms with Crippen molar-refractivity contribution in [3.05, 3.63) is 29.8 Å². The number of ether oxygens (including phenoxy) is 1. The third kappa shape index (κ3) is 3.71. The van der Waals surface area contributed by atoms with Crippen molar-refractivity contribution in [2.24, 2.45) is 0 Å². The summed E-state index contributed by atoms with van der Waals surface area (Å²) >= 11 is 0. The molecule has 0 bridgehead atoms. The Morgan fingerprint density at radius 3 is 2.63 bits per heavy atom. The van der Waals surface area contributed by atoms with Gasteiger partial charge in [0.15, 0.2) is 0 Å². The number of rotatable bonds is 6. The molecule has 2 N–H and O–H groups in total. The largest absolute Gasteiger partial charge is 0.497 e. The number of carboxylic acid groups (broad SMARTS) is 1. The van der Waals surface area contributed by atoms with E-state index < -0.39 is 17.4 Å². The van der Waals surface area contributed by atoms with Gasteiger partial charge in [-0.1, -0.05) is 19.4 Å². The van der Waals surface area contributed by atoms with Crippen LogP contribution in [0, 0.1) is 0 Å². The number of hydrogen-bond acceptors (Lipinski definition) is 3. The van der Waals surface area contributed by atoms with Gasteiger partial charge in [-0.25, -0.2) is 4.79 Å². The molecule has 0 saturated heterocycles. The minimum atomic E-state index is -1.26. The minimum Gasteiger partial charge on any atom is -0.497 e. The first kappa shape index (κ1) is 15.0. The normalized spacial score (nSPS) is 13.4. The number of benzene rings is 1. The predicted molar refractivity (Wildman–Crippen MR) is 71.4 cm³/mol. The first-order valence-corrected chi connectivity index (χ1v) is 6.13. The zero-order valence-electron chi connectivity index (χ0n) is 11.4. The average molecular weight is 265 g/mol. The Hall–Kier alpha value is -2.04. The van der Waals surface area contributed by atoms with Gasteiger partial charge in [0.1, 0.15) is 11.3 Å². The van der Waals surface area contributed by atoms with Gasteiger partial charge in [0.25, 0.3) is 5.91 Å². The van der Waals surface area contributed by atoms with Crippen molar-refractivity contribution in [3.8, 4) is 5.75 Å². The first-order chi connectivity index (χ1) is 8.92. The second kappa shape index (κ2) is 6.22. The third-order valence-corrected chi connectivity index (χ3v) is 2.94. The van der Waals surface area contributed by atoms with Crippen molar-refractivity contribution in [2.75, 3.05) is 7.11 Å². The van der Waals surface area contributed by atoms with Crippen molar-refractivity contribution in [3.63, 3.8) is 0 Å². The molecule has 1 aromatic rings. The summed E-state index contributed by atoms with van der Waals surface area (Å²) in [6.07, 6.45) is 1.04. The van der Waals surface area contributed by atoms with E-state index in [1.165, 1.54) is 14.0 Å². The van der Waals surface area contributed by atoms with Gasteiger partial charge in [-0.15, -0.1) is 0 Å². The van der Waals surface area contributed by atoms with E-state index in [1.54, 1.807) is 24.3 Å². The quantitative estimate of drug-likeness (QED) is 0.825. The Bertz CT molecular complexity index is 472. The summed E-state index contributed by atoms with van der Waals surface area (Å²) in [6.45, 7) is 3.38. The lowest BCUT2D eigenvalue weighted by Gasteiger charge is -2.25. The second-order valence-corrected chi connectivity index (χ2v) is 4.57. The van der Waals surface area contributed by atoms with Crippen LogP contribution < -0.4 is 10.1 Å². The minimum absolute atomic E-state index is 0.373. The Labute approximate surface area is 112 Å². The summed E-state index contributed by atoms with van der Waals surface area (Å²) in [7, 11) is 1.51. The van der Waals surface area contributed by atoms with Crippen LogP contribution in [-0.4, -0.2) is 29.6 Å². The fraction of sp³-hybridized carbons (Fsp3) is 0.429. The molecule has 0 fully saturated rings. The van der Waals surface area contributed by atoms with Crippen molar-refractivity contribution < 1.29 is 19.4 Å². The molecule has 5 heteroatoms. The van der Waals surface area contributed by atoms with Gasteiger partial charge in [0.05, 0.1) is 7.11 Å². The number of carbonyl (C=O) groups is 2. The van der Waals surface area contributed by atoms with Crippen molar-refractivity contribution in [1.82, 2.24) is 5.32 Å². The lowest BCUT2D eigenvalue weighted by atomic mass is 9.95. The number of hydrogen-bond donors (Lipinski definition) is 2. The van der Waals surface area contributed by atoms with Gasteiger partial charge in [0.2, 0.25) is 0 Å². The number of carbonyl (C=O) groups excluding carboxylic acids is 1. The van der Waals surface area contributed by atoms with Crippen LogP contribution in [0.25, 0.3) is 0 Å². The molecule has 104 valence electrons. The van der Waals surface area contributed by atoms with Gasteiger partial charge in [-0.05, 0) is 31.5 Å². The zero-order chi connectivity index (χ0) is 14.5. The summed E-state index contributed by atoms with van der Waals surface area (Å²) in [5.41, 5.74) is -0.877. The van der Waals surface area contributed by atoms with Gasteiger partial charge in [-0.3, -0.25) is 4.79 Å². The highest BCUT2D eigenvalue weighted by molar-refractivity contribution is 5.98. The van der Waals surface area contributed by atoms with Crippen LogP contribution >= 0.6 is 0 Å². The molecule has 19 heavy (non-hydrogen) atoms. The SMILES string of the molecule is CCCC(C)(NC(=O)c1cccc(OC)c1)C(=O)O. The fourth-order valence-corrected chi connectivity index (χ4v) is 1.81. The van der Waals surface area contributed by atoms with E-state index in [2.05, 4.69) is 5.32 Å². The molecule has 1 rings (SSSR count). The van der Waals surface area contributed by atoms with Crippen molar-refractivity contribution in [1.29, 1.82) is 0 Å². The molecule has 0 spiro atoms. The van der Waals surface area contributed by atoms with E-state index in [-0.39, 0.29) is 0 Å². The van der Waals surface area contributed by atoms with E-state index >= 15 is 0 Å². The summed E-state index contributed by atoms with van der Waals surface area (Å²) in [5.74, 6) is -0.900. The first-order valence-electron chi connectivity index (χ1n) is 6.13. The van der Waals surface area contributed by atoms with Crippen LogP contribution in [0.5, 0.6) is 5.75 Å². The van der Waals surface area contributed by atoms with Crippen LogP contribution in [0.4, 0.5) is 0 Å². The Balaban J connectivity index is 2.90. The molecule has 0 aliphatic carbocycles. The molecule has 0 aliphatic heterocycles. The summed E-state index contributed by atoms with van der Waals surface area (Å²) in [4.78, 5) is 23.3. The molecule has 1 unspecified atom stereocenters. The summed E-state index contributed by atoms with van der Waals surface area (Å²) < 4.78 is 5.03. The standard InChI is InChI=1S/C14H19NO4/c1-4-8-14(2,13(17)18)15-12(16)10-6-5-7-11(9-10)19-3/h5-7,9H,4,8H2,1-3H3,(H,15,16)(H,17,18). The monoisotopic (exact) mass is 265 g/mol. The van der Waals surface area contributed by atoms with Crippen LogP contribution in [0.2, 0.25) is 0 Å². The van der Waals surface area contributed by atoms with E-state index in [0.29, 0.717) is 24.2 Å². The number of nitrogens with one attached hydrogen (secondary N) is 1. The maximum Gasteiger partial charge on any atom is 0.329 e. The second-order valence-electron chi connectivity index (χ2n) is 4.57. The maximum absolute atomic E-state index is 12.1. The number of aliphatic carboxylic acids is 1. The zero-order valence-corrected chi connectivity index (χ0v) is 11.4. The molecule has 1 amide bonds. The van der Waals surface area contributed by atoms with E-state index in [4.69, 9.17) is 4.74 Å². The Morgan fingerprint density at radius 1 is 1.42 bits per heavy atom. The topological polar surface area (TPSA) is 75.6 Å². The summed E-state index contributed by atoms with van der Waals surface area (Å²) in [6, 6.07) is 6.60. The van der Waals surface area contributed by atoms with Gasteiger partial charge >= 0.3 is 5.97 Å². The average Bonchev–Trinajstić information content (AvgIpc) is 2.38. The highest BCUT2D eigenvalue weighted by atomic mass is 16.5. The molecular formula is C14H19NO4. The van der Waals surface area contributed by atoms with Gasteiger partial charge in [0, 0.05) is 5.56 Å². The molecule has 5 nitrogen and oxygen atoms in total. The van der Waals surface area contributed by atoms with Crippen LogP contribution in [0.1, 0.15) is 37.0 Å². The molecule has 0 saturated carbocycles. The fourth-order valence-electron chi connectivity index (χ4n) is 1.81.